The van der Waals surface area contributed by atoms with Gasteiger partial charge < -0.3 is 14.5 Å². The summed E-state index contributed by atoms with van der Waals surface area (Å²) in [4.78, 5) is 14.8. The van der Waals surface area contributed by atoms with E-state index in [2.05, 4.69) is 19.0 Å². The molecule has 7 nitrogen and oxygen atoms in total. The largest absolute Gasteiger partial charge is 0.468 e. The zero-order chi connectivity index (χ0) is 17.7. The van der Waals surface area contributed by atoms with Crippen molar-refractivity contribution in [3.63, 3.8) is 0 Å². The van der Waals surface area contributed by atoms with E-state index in [1.165, 1.54) is 0 Å². The molecule has 0 saturated carbocycles. The Balaban J connectivity index is 1.26. The second kappa shape index (κ2) is 6.14. The number of amides is 1. The van der Waals surface area contributed by atoms with Gasteiger partial charge in [-0.25, -0.2) is 0 Å². The SMILES string of the molecule is Cc1nsnc1C(=O)NC[C@H]1[C@H]2CN(Cc3ccco3)C[C@]23CC[C@H]1O3. The zero-order valence-electron chi connectivity index (χ0n) is 14.7. The van der Waals surface area contributed by atoms with Crippen LogP contribution in [0.2, 0.25) is 0 Å². The van der Waals surface area contributed by atoms with Crippen molar-refractivity contribution in [3.8, 4) is 0 Å². The summed E-state index contributed by atoms with van der Waals surface area (Å²) in [7, 11) is 0. The number of carbonyl (C=O) groups excluding carboxylic acids is 1. The van der Waals surface area contributed by atoms with Crippen LogP contribution in [0.25, 0.3) is 0 Å². The van der Waals surface area contributed by atoms with Crippen molar-refractivity contribution in [2.24, 2.45) is 11.8 Å². The summed E-state index contributed by atoms with van der Waals surface area (Å²) in [6, 6.07) is 3.95. The van der Waals surface area contributed by atoms with E-state index in [1.54, 1.807) is 6.26 Å². The Kier molecular flexibility index (Phi) is 3.88. The summed E-state index contributed by atoms with van der Waals surface area (Å²) < 4.78 is 20.1. The molecule has 138 valence electrons. The maximum atomic E-state index is 12.4. The first-order chi connectivity index (χ1) is 12.6. The van der Waals surface area contributed by atoms with Gasteiger partial charge in [-0.1, -0.05) is 0 Å². The third-order valence-electron chi connectivity index (χ3n) is 6.18. The van der Waals surface area contributed by atoms with Gasteiger partial charge in [-0.05, 0) is 31.9 Å². The number of aryl methyl sites for hydroxylation is 1. The quantitative estimate of drug-likeness (QED) is 0.860. The number of hydrogen-bond acceptors (Lipinski definition) is 7. The molecule has 3 saturated heterocycles. The van der Waals surface area contributed by atoms with Crippen molar-refractivity contribution in [3.05, 3.63) is 35.5 Å². The van der Waals surface area contributed by atoms with Gasteiger partial charge in [0.15, 0.2) is 5.69 Å². The Hall–Kier alpha value is -1.77. The standard InChI is InChI=1S/C18H22N4O3S/c1-11-16(21-26-20-11)17(23)19-7-13-14-9-22(8-12-3-2-6-24-12)10-18(14)5-4-15(13)25-18/h2-3,6,13-15H,4-5,7-10H2,1H3,(H,19,23)/t13-,14+,15+,18+/m0/s1. The third kappa shape index (κ3) is 2.59. The highest BCUT2D eigenvalue weighted by Crippen LogP contribution is 2.54. The van der Waals surface area contributed by atoms with Gasteiger partial charge in [0, 0.05) is 31.5 Å². The summed E-state index contributed by atoms with van der Waals surface area (Å²) in [5.74, 6) is 1.69. The van der Waals surface area contributed by atoms with E-state index in [4.69, 9.17) is 9.15 Å². The lowest BCUT2D eigenvalue weighted by Gasteiger charge is -2.29. The van der Waals surface area contributed by atoms with E-state index in [-0.39, 0.29) is 17.6 Å². The van der Waals surface area contributed by atoms with Crippen molar-refractivity contribution in [1.82, 2.24) is 19.0 Å². The average Bonchev–Trinajstić information content (AvgIpc) is 3.40. The van der Waals surface area contributed by atoms with Crippen molar-refractivity contribution in [2.45, 2.75) is 38.0 Å². The predicted molar refractivity (Wildman–Crippen MR) is 94.8 cm³/mol. The molecule has 4 atom stereocenters. The van der Waals surface area contributed by atoms with Crippen molar-refractivity contribution in [1.29, 1.82) is 0 Å². The predicted octanol–water partition coefficient (Wildman–Crippen LogP) is 1.85. The van der Waals surface area contributed by atoms with Crippen LogP contribution in [-0.2, 0) is 11.3 Å². The number of fused-ring (bicyclic) bond motifs is 1. The fourth-order valence-electron chi connectivity index (χ4n) is 5.03. The van der Waals surface area contributed by atoms with Crippen LogP contribution < -0.4 is 5.32 Å². The summed E-state index contributed by atoms with van der Waals surface area (Å²) in [6.07, 6.45) is 4.19. The lowest BCUT2D eigenvalue weighted by Crippen LogP contribution is -2.42. The average molecular weight is 374 g/mol. The molecule has 2 aromatic heterocycles. The molecule has 1 N–H and O–H groups in total. The number of likely N-dealkylation sites (tertiary alicyclic amines) is 1. The number of furan rings is 1. The first-order valence-electron chi connectivity index (χ1n) is 9.14. The summed E-state index contributed by atoms with van der Waals surface area (Å²) in [6.45, 7) is 5.23. The van der Waals surface area contributed by atoms with E-state index in [0.29, 0.717) is 29.8 Å². The minimum absolute atomic E-state index is 0.0369. The summed E-state index contributed by atoms with van der Waals surface area (Å²) >= 11 is 1.08. The van der Waals surface area contributed by atoms with Crippen LogP contribution in [0.1, 0.15) is 34.8 Å². The van der Waals surface area contributed by atoms with Crippen LogP contribution in [0, 0.1) is 18.8 Å². The van der Waals surface area contributed by atoms with E-state index in [0.717, 1.165) is 50.0 Å². The molecular weight excluding hydrogens is 352 g/mol. The van der Waals surface area contributed by atoms with Gasteiger partial charge >= 0.3 is 0 Å². The van der Waals surface area contributed by atoms with Crippen LogP contribution in [-0.4, -0.2) is 50.9 Å². The Labute approximate surface area is 156 Å². The molecule has 0 unspecified atom stereocenters. The maximum absolute atomic E-state index is 12.4. The molecule has 0 aromatic carbocycles. The maximum Gasteiger partial charge on any atom is 0.272 e. The second-order valence-electron chi connectivity index (χ2n) is 7.69. The van der Waals surface area contributed by atoms with Gasteiger partial charge in [-0.2, -0.15) is 8.75 Å². The summed E-state index contributed by atoms with van der Waals surface area (Å²) in [5.41, 5.74) is 1.10. The van der Waals surface area contributed by atoms with E-state index in [9.17, 15) is 4.79 Å². The van der Waals surface area contributed by atoms with Gasteiger partial charge in [-0.3, -0.25) is 9.69 Å². The number of aromatic nitrogens is 2. The highest BCUT2D eigenvalue weighted by Gasteiger charge is 2.62. The molecule has 5 rings (SSSR count). The second-order valence-corrected chi connectivity index (χ2v) is 8.22. The zero-order valence-corrected chi connectivity index (χ0v) is 15.5. The number of nitrogens with one attached hydrogen (secondary N) is 1. The Morgan fingerprint density at radius 2 is 2.42 bits per heavy atom. The lowest BCUT2D eigenvalue weighted by molar-refractivity contribution is 0.00167. The Morgan fingerprint density at radius 1 is 1.50 bits per heavy atom. The number of rotatable bonds is 5. The molecule has 3 fully saturated rings. The smallest absolute Gasteiger partial charge is 0.272 e. The van der Waals surface area contributed by atoms with E-state index < -0.39 is 0 Å². The normalized spacial score (nSPS) is 32.9. The van der Waals surface area contributed by atoms with Crippen LogP contribution in [0.15, 0.2) is 22.8 Å². The molecule has 3 aliphatic rings. The molecule has 8 heteroatoms. The van der Waals surface area contributed by atoms with Crippen LogP contribution in [0.4, 0.5) is 0 Å². The van der Waals surface area contributed by atoms with Crippen molar-refractivity contribution >= 4 is 17.6 Å². The van der Waals surface area contributed by atoms with Gasteiger partial charge in [-0.15, -0.1) is 0 Å². The highest BCUT2D eigenvalue weighted by molar-refractivity contribution is 6.99. The van der Waals surface area contributed by atoms with Gasteiger partial charge in [0.2, 0.25) is 0 Å². The number of carbonyl (C=O) groups is 1. The molecule has 26 heavy (non-hydrogen) atoms. The number of hydrogen-bond donors (Lipinski definition) is 1. The van der Waals surface area contributed by atoms with Crippen molar-refractivity contribution < 1.29 is 13.9 Å². The molecule has 2 aromatic rings. The Bertz CT molecular complexity index is 807. The van der Waals surface area contributed by atoms with Crippen LogP contribution in [0.5, 0.6) is 0 Å². The van der Waals surface area contributed by atoms with Crippen molar-refractivity contribution in [2.75, 3.05) is 19.6 Å². The minimum atomic E-state index is -0.126. The molecule has 0 aliphatic carbocycles. The van der Waals surface area contributed by atoms with Gasteiger partial charge in [0.1, 0.15) is 5.76 Å². The first kappa shape index (κ1) is 16.4. The van der Waals surface area contributed by atoms with Crippen LogP contribution in [0.3, 0.4) is 0 Å². The van der Waals surface area contributed by atoms with Gasteiger partial charge in [0.05, 0.1) is 41.9 Å². The fourth-order valence-corrected chi connectivity index (χ4v) is 5.58. The number of nitrogens with zero attached hydrogens (tertiary/aromatic N) is 3. The fraction of sp³-hybridized carbons (Fsp3) is 0.611. The summed E-state index contributed by atoms with van der Waals surface area (Å²) in [5, 5.41) is 3.07. The molecular formula is C18H22N4O3S. The molecule has 1 amide bonds. The highest BCUT2D eigenvalue weighted by atomic mass is 32.1. The monoisotopic (exact) mass is 374 g/mol. The molecule has 2 bridgehead atoms. The first-order valence-corrected chi connectivity index (χ1v) is 9.87. The Morgan fingerprint density at radius 3 is 3.19 bits per heavy atom. The molecule has 3 aliphatic heterocycles. The van der Waals surface area contributed by atoms with E-state index >= 15 is 0 Å². The minimum Gasteiger partial charge on any atom is -0.468 e. The molecule has 1 spiro atoms. The molecule has 0 radical (unpaired) electrons. The molecule has 5 heterocycles. The lowest BCUT2D eigenvalue weighted by atomic mass is 9.73. The van der Waals surface area contributed by atoms with E-state index in [1.807, 2.05) is 19.1 Å². The topological polar surface area (TPSA) is 80.5 Å². The number of ether oxygens (including phenoxy) is 1. The third-order valence-corrected chi connectivity index (χ3v) is 6.80. The van der Waals surface area contributed by atoms with Crippen LogP contribution >= 0.6 is 11.7 Å². The van der Waals surface area contributed by atoms with Gasteiger partial charge in [0.25, 0.3) is 5.91 Å².